The number of nitrogens with one attached hydrogen (secondary N) is 1. The quantitative estimate of drug-likeness (QED) is 0.381. The molecule has 0 fully saturated rings. The maximum Gasteiger partial charge on any atom is 0.433 e. The molecule has 0 unspecified atom stereocenters. The Balaban J connectivity index is 1.65. The number of aryl methyl sites for hydroxylation is 1. The molecule has 5 rings (SSSR count). The van der Waals surface area contributed by atoms with E-state index in [9.17, 15) is 18.0 Å². The van der Waals surface area contributed by atoms with E-state index in [4.69, 9.17) is 23.2 Å². The summed E-state index contributed by atoms with van der Waals surface area (Å²) in [6.07, 6.45) is -4.05. The zero-order chi connectivity index (χ0) is 22.6. The Bertz CT molecular complexity index is 1400. The van der Waals surface area contributed by atoms with Gasteiger partial charge in [0.1, 0.15) is 0 Å². The van der Waals surface area contributed by atoms with Crippen molar-refractivity contribution >= 4 is 40.4 Å². The van der Waals surface area contributed by atoms with E-state index in [0.717, 1.165) is 5.56 Å². The van der Waals surface area contributed by atoms with Gasteiger partial charge < -0.3 is 5.32 Å². The number of rotatable bonds is 2. The van der Waals surface area contributed by atoms with Crippen molar-refractivity contribution in [2.45, 2.75) is 19.0 Å². The Morgan fingerprint density at radius 2 is 1.84 bits per heavy atom. The highest BCUT2D eigenvalue weighted by molar-refractivity contribution is 6.36. The Kier molecular flexibility index (Phi) is 4.87. The van der Waals surface area contributed by atoms with E-state index >= 15 is 0 Å². The van der Waals surface area contributed by atoms with Crippen molar-refractivity contribution < 1.29 is 18.0 Å². The molecule has 2 aromatic carbocycles. The average Bonchev–Trinajstić information content (AvgIpc) is 3.16. The minimum Gasteiger partial charge on any atom is -0.319 e. The number of carbonyl (C=O) groups is 1. The van der Waals surface area contributed by atoms with Crippen molar-refractivity contribution in [1.82, 2.24) is 14.6 Å². The van der Waals surface area contributed by atoms with Crippen LogP contribution in [0.1, 0.15) is 27.3 Å². The van der Waals surface area contributed by atoms with E-state index in [2.05, 4.69) is 15.4 Å². The summed E-state index contributed by atoms with van der Waals surface area (Å²) < 4.78 is 43.0. The number of anilines is 1. The molecule has 4 aromatic rings. The summed E-state index contributed by atoms with van der Waals surface area (Å²) in [5.41, 5.74) is 0.969. The lowest BCUT2D eigenvalue weighted by Crippen LogP contribution is -2.21. The largest absolute Gasteiger partial charge is 0.433 e. The van der Waals surface area contributed by atoms with Crippen molar-refractivity contribution in [2.24, 2.45) is 0 Å². The van der Waals surface area contributed by atoms with Gasteiger partial charge in [-0.05, 0) is 36.6 Å². The van der Waals surface area contributed by atoms with E-state index in [1.807, 2.05) is 12.1 Å². The van der Waals surface area contributed by atoms with Crippen LogP contribution in [0.25, 0.3) is 16.9 Å². The second-order valence-corrected chi connectivity index (χ2v) is 8.16. The maximum atomic E-state index is 14.1. The van der Waals surface area contributed by atoms with E-state index < -0.39 is 17.8 Å². The van der Waals surface area contributed by atoms with Crippen molar-refractivity contribution in [2.75, 3.05) is 5.32 Å². The highest BCUT2D eigenvalue weighted by Crippen LogP contribution is 2.40. The van der Waals surface area contributed by atoms with Crippen LogP contribution in [-0.2, 0) is 19.0 Å². The molecule has 1 amide bonds. The first kappa shape index (κ1) is 20.8. The van der Waals surface area contributed by atoms with Crippen LogP contribution >= 0.6 is 23.2 Å². The number of aromatic nitrogens is 3. The third kappa shape index (κ3) is 3.49. The number of halogens is 5. The van der Waals surface area contributed by atoms with Gasteiger partial charge in [-0.1, -0.05) is 47.5 Å². The van der Waals surface area contributed by atoms with Gasteiger partial charge in [-0.2, -0.15) is 18.3 Å². The van der Waals surface area contributed by atoms with Gasteiger partial charge in [0, 0.05) is 22.2 Å². The van der Waals surface area contributed by atoms with Crippen molar-refractivity contribution in [3.8, 4) is 11.3 Å². The van der Waals surface area contributed by atoms with Crippen LogP contribution in [-0.4, -0.2) is 20.5 Å². The minimum absolute atomic E-state index is 0.0690. The lowest BCUT2D eigenvalue weighted by molar-refractivity contribution is -0.143. The van der Waals surface area contributed by atoms with Gasteiger partial charge >= 0.3 is 6.18 Å². The van der Waals surface area contributed by atoms with E-state index in [1.165, 1.54) is 24.3 Å². The van der Waals surface area contributed by atoms with Gasteiger partial charge in [-0.15, -0.1) is 0 Å². The SMILES string of the molecule is O=C(Nc1ccc(Cl)cc1Cl)c1cc2nc3c(c(C(F)(F)F)n2n1)CCc1ccccc1-3. The van der Waals surface area contributed by atoms with Crippen molar-refractivity contribution in [1.29, 1.82) is 0 Å². The monoisotopic (exact) mass is 476 g/mol. The Labute approximate surface area is 189 Å². The fraction of sp³-hybridized carbons (Fsp3) is 0.136. The van der Waals surface area contributed by atoms with Crippen LogP contribution in [0.4, 0.5) is 18.9 Å². The molecule has 0 atom stereocenters. The second kappa shape index (κ2) is 7.50. The van der Waals surface area contributed by atoms with E-state index in [-0.39, 0.29) is 39.7 Å². The molecule has 0 radical (unpaired) electrons. The summed E-state index contributed by atoms with van der Waals surface area (Å²) in [6, 6.07) is 12.9. The molecule has 1 aliphatic rings. The molecule has 1 aliphatic carbocycles. The minimum atomic E-state index is -4.68. The number of alkyl halides is 3. The fourth-order valence-corrected chi connectivity index (χ4v) is 4.36. The molecule has 32 heavy (non-hydrogen) atoms. The predicted molar refractivity (Wildman–Crippen MR) is 115 cm³/mol. The molecule has 2 heterocycles. The lowest BCUT2D eigenvalue weighted by Gasteiger charge is -2.23. The Morgan fingerprint density at radius 1 is 1.06 bits per heavy atom. The van der Waals surface area contributed by atoms with Crippen LogP contribution in [0.5, 0.6) is 0 Å². The first-order valence-electron chi connectivity index (χ1n) is 9.57. The third-order valence-electron chi connectivity index (χ3n) is 5.30. The number of nitrogens with zero attached hydrogens (tertiary/aromatic N) is 3. The molecular weight excluding hydrogens is 464 g/mol. The summed E-state index contributed by atoms with van der Waals surface area (Å²) in [7, 11) is 0. The molecule has 2 aromatic heterocycles. The van der Waals surface area contributed by atoms with Gasteiger partial charge in [0.2, 0.25) is 0 Å². The summed E-state index contributed by atoms with van der Waals surface area (Å²) in [4.78, 5) is 17.2. The first-order chi connectivity index (χ1) is 15.2. The van der Waals surface area contributed by atoms with Gasteiger partial charge in [0.25, 0.3) is 5.91 Å². The average molecular weight is 477 g/mol. The van der Waals surface area contributed by atoms with Gasteiger partial charge in [-0.25, -0.2) is 9.50 Å². The third-order valence-corrected chi connectivity index (χ3v) is 5.85. The molecule has 5 nitrogen and oxygen atoms in total. The summed E-state index contributed by atoms with van der Waals surface area (Å²) in [5, 5.41) is 7.05. The molecule has 0 bridgehead atoms. The summed E-state index contributed by atoms with van der Waals surface area (Å²) >= 11 is 11.9. The Morgan fingerprint density at radius 3 is 2.59 bits per heavy atom. The number of benzene rings is 2. The standard InChI is InChI=1S/C22H13Cl2F3N4O/c23-12-6-8-16(15(24)9-12)28-21(32)17-10-18-29-19-13-4-2-1-3-11(13)5-7-14(19)20(22(25,26)27)31(18)30-17/h1-4,6,8-10H,5,7H2,(H,28,32). The molecular formula is C22H13Cl2F3N4O. The van der Waals surface area contributed by atoms with Crippen LogP contribution in [0.2, 0.25) is 10.0 Å². The zero-order valence-electron chi connectivity index (χ0n) is 16.2. The lowest BCUT2D eigenvalue weighted by atomic mass is 9.88. The molecule has 0 aliphatic heterocycles. The molecule has 162 valence electrons. The van der Waals surface area contributed by atoms with Crippen LogP contribution in [0.15, 0.2) is 48.5 Å². The van der Waals surface area contributed by atoms with Gasteiger partial charge in [0.15, 0.2) is 17.0 Å². The first-order valence-corrected chi connectivity index (χ1v) is 10.3. The highest BCUT2D eigenvalue weighted by atomic mass is 35.5. The van der Waals surface area contributed by atoms with Gasteiger partial charge in [0.05, 0.1) is 16.4 Å². The number of hydrogen-bond donors (Lipinski definition) is 1. The second-order valence-electron chi connectivity index (χ2n) is 7.32. The highest BCUT2D eigenvalue weighted by Gasteiger charge is 2.40. The molecule has 0 saturated carbocycles. The number of amides is 1. The smallest absolute Gasteiger partial charge is 0.319 e. The molecule has 0 spiro atoms. The summed E-state index contributed by atoms with van der Waals surface area (Å²) in [5.74, 6) is -0.716. The molecule has 0 saturated heterocycles. The summed E-state index contributed by atoms with van der Waals surface area (Å²) in [6.45, 7) is 0. The normalized spacial score (nSPS) is 13.0. The predicted octanol–water partition coefficient (Wildman–Crippen LogP) is 6.07. The molecule has 1 N–H and O–H groups in total. The number of fused-ring (bicyclic) bond motifs is 4. The van der Waals surface area contributed by atoms with E-state index in [0.29, 0.717) is 21.5 Å². The van der Waals surface area contributed by atoms with Crippen molar-refractivity contribution in [3.05, 3.63) is 81.1 Å². The van der Waals surface area contributed by atoms with Crippen LogP contribution in [0.3, 0.4) is 0 Å². The zero-order valence-corrected chi connectivity index (χ0v) is 17.7. The van der Waals surface area contributed by atoms with Crippen LogP contribution < -0.4 is 5.32 Å². The van der Waals surface area contributed by atoms with Gasteiger partial charge in [-0.3, -0.25) is 4.79 Å². The molecule has 10 heteroatoms. The van der Waals surface area contributed by atoms with Crippen LogP contribution in [0, 0.1) is 0 Å². The topological polar surface area (TPSA) is 59.3 Å². The van der Waals surface area contributed by atoms with Crippen molar-refractivity contribution in [3.63, 3.8) is 0 Å². The Hall–Kier alpha value is -3.10. The maximum absolute atomic E-state index is 14.1. The number of carbonyl (C=O) groups excluding carboxylic acids is 1. The number of hydrogen-bond acceptors (Lipinski definition) is 3. The fourth-order valence-electron chi connectivity index (χ4n) is 3.91. The van der Waals surface area contributed by atoms with E-state index in [1.54, 1.807) is 12.1 Å².